The van der Waals surface area contributed by atoms with Crippen molar-refractivity contribution in [2.45, 2.75) is 51.6 Å². The second-order valence-electron chi connectivity index (χ2n) is 9.06. The summed E-state index contributed by atoms with van der Waals surface area (Å²) in [4.78, 5) is 19.4. The van der Waals surface area contributed by atoms with Crippen LogP contribution < -0.4 is 25.8 Å². The third-order valence-corrected chi connectivity index (χ3v) is 6.38. The average Bonchev–Trinajstić information content (AvgIpc) is 3.72. The first kappa shape index (κ1) is 26.1. The Balaban J connectivity index is 1.72. The van der Waals surface area contributed by atoms with Crippen molar-refractivity contribution in [2.75, 3.05) is 25.6 Å². The van der Waals surface area contributed by atoms with E-state index in [0.29, 0.717) is 35.2 Å². The maximum atomic E-state index is 11.9. The maximum absolute atomic E-state index is 11.9. The minimum Gasteiger partial charge on any atom is -0.493 e. The number of carbonyl (C=O) groups excluding carboxylic acids is 1. The fourth-order valence-electron chi connectivity index (χ4n) is 4.39. The highest BCUT2D eigenvalue weighted by Crippen LogP contribution is 2.38. The van der Waals surface area contributed by atoms with E-state index in [1.807, 2.05) is 37.3 Å². The monoisotopic (exact) mass is 503 g/mol. The first-order valence-electron chi connectivity index (χ1n) is 12.6. The summed E-state index contributed by atoms with van der Waals surface area (Å²) in [5.41, 5.74) is 19.3. The van der Waals surface area contributed by atoms with E-state index in [-0.39, 0.29) is 13.0 Å². The van der Waals surface area contributed by atoms with Gasteiger partial charge in [-0.3, -0.25) is 9.78 Å². The lowest BCUT2D eigenvalue weighted by atomic mass is 10.0. The number of azide groups is 1. The van der Waals surface area contributed by atoms with E-state index in [0.717, 1.165) is 47.3 Å². The molecule has 1 aromatic heterocycles. The van der Waals surface area contributed by atoms with Crippen molar-refractivity contribution in [1.82, 2.24) is 10.3 Å². The molecule has 4 N–H and O–H groups in total. The molecule has 1 saturated carbocycles. The number of anilines is 2. The standard InChI is InChI=1S/C27H33N7O3/c1-3-20-17(16-32-34-29)6-4-7-22(20)33-27-18(12-26(28)35)15-31-23-14-24(36-2)25(13-21(23)27)37-11-5-10-30-19-8-9-19/h4,6-7,13-15,19,30H,3,5,8-12,16H2,1-2H3,(H2,28,35)(H,31,33). The summed E-state index contributed by atoms with van der Waals surface area (Å²) in [7, 11) is 1.60. The number of aromatic nitrogens is 1. The van der Waals surface area contributed by atoms with E-state index in [1.54, 1.807) is 13.3 Å². The van der Waals surface area contributed by atoms with Crippen molar-refractivity contribution in [1.29, 1.82) is 0 Å². The van der Waals surface area contributed by atoms with Gasteiger partial charge in [0.25, 0.3) is 0 Å². The van der Waals surface area contributed by atoms with E-state index >= 15 is 0 Å². The summed E-state index contributed by atoms with van der Waals surface area (Å²) in [5, 5.41) is 11.5. The lowest BCUT2D eigenvalue weighted by molar-refractivity contribution is -0.117. The number of hydrogen-bond donors (Lipinski definition) is 3. The summed E-state index contributed by atoms with van der Waals surface area (Å²) in [5.74, 6) is 0.745. The van der Waals surface area contributed by atoms with Crippen molar-refractivity contribution >= 4 is 28.2 Å². The number of pyridine rings is 1. The fourth-order valence-corrected chi connectivity index (χ4v) is 4.39. The highest BCUT2D eigenvalue weighted by atomic mass is 16.5. The molecule has 1 heterocycles. The van der Waals surface area contributed by atoms with Crippen molar-refractivity contribution in [3.8, 4) is 11.5 Å². The van der Waals surface area contributed by atoms with Crippen LogP contribution in [-0.4, -0.2) is 37.2 Å². The summed E-state index contributed by atoms with van der Waals surface area (Å²) in [6.07, 6.45) is 5.80. The Hall–Kier alpha value is -4.01. The molecule has 37 heavy (non-hydrogen) atoms. The van der Waals surface area contributed by atoms with Crippen LogP contribution in [0.25, 0.3) is 21.3 Å². The van der Waals surface area contributed by atoms with Crippen LogP contribution in [0.2, 0.25) is 0 Å². The number of nitrogens with one attached hydrogen (secondary N) is 2. The number of nitrogens with zero attached hydrogens (tertiary/aromatic N) is 4. The third-order valence-electron chi connectivity index (χ3n) is 6.38. The molecule has 0 aliphatic heterocycles. The van der Waals surface area contributed by atoms with Gasteiger partial charge in [-0.05, 0) is 61.0 Å². The molecular formula is C27H33N7O3. The Labute approximate surface area is 216 Å². The largest absolute Gasteiger partial charge is 0.493 e. The van der Waals surface area contributed by atoms with Gasteiger partial charge < -0.3 is 25.8 Å². The zero-order valence-corrected chi connectivity index (χ0v) is 21.3. The first-order valence-corrected chi connectivity index (χ1v) is 12.6. The zero-order chi connectivity index (χ0) is 26.2. The SMILES string of the molecule is CCc1c(CN=[N+]=[N-])cccc1Nc1c(CC(N)=O)cnc2cc(OC)c(OCCCNC3CC3)cc12. The van der Waals surface area contributed by atoms with Crippen molar-refractivity contribution in [3.05, 3.63) is 63.7 Å². The number of benzene rings is 2. The Morgan fingerprint density at radius 3 is 2.81 bits per heavy atom. The Bertz CT molecular complexity index is 1320. The number of fused-ring (bicyclic) bond motifs is 1. The number of nitrogens with two attached hydrogens (primary N) is 1. The van der Waals surface area contributed by atoms with Crippen LogP contribution in [0.4, 0.5) is 11.4 Å². The van der Waals surface area contributed by atoms with Gasteiger partial charge in [0.05, 0.1) is 37.9 Å². The van der Waals surface area contributed by atoms with E-state index in [1.165, 1.54) is 12.8 Å². The third kappa shape index (κ3) is 6.61. The molecule has 0 saturated heterocycles. The summed E-state index contributed by atoms with van der Waals surface area (Å²) >= 11 is 0. The zero-order valence-electron chi connectivity index (χ0n) is 21.3. The molecule has 0 unspecified atom stereocenters. The summed E-state index contributed by atoms with van der Waals surface area (Å²) < 4.78 is 11.7. The predicted octanol–water partition coefficient (Wildman–Crippen LogP) is 4.91. The van der Waals surface area contributed by atoms with Crippen LogP contribution in [-0.2, 0) is 24.2 Å². The number of hydrogen-bond acceptors (Lipinski definition) is 7. The number of primary amides is 1. The van der Waals surface area contributed by atoms with Gasteiger partial charge in [0.15, 0.2) is 11.5 Å². The van der Waals surface area contributed by atoms with Gasteiger partial charge in [0.2, 0.25) is 5.91 Å². The molecule has 0 atom stereocenters. The molecule has 0 radical (unpaired) electrons. The molecule has 0 bridgehead atoms. The van der Waals surface area contributed by atoms with Crippen LogP contribution >= 0.6 is 0 Å². The normalized spacial score (nSPS) is 12.7. The molecule has 3 aromatic rings. The lowest BCUT2D eigenvalue weighted by Gasteiger charge is -2.19. The smallest absolute Gasteiger partial charge is 0.221 e. The van der Waals surface area contributed by atoms with Crippen LogP contribution in [0.15, 0.2) is 41.6 Å². The van der Waals surface area contributed by atoms with E-state index in [4.69, 9.17) is 20.7 Å². The Kier molecular flexibility index (Phi) is 8.66. The number of amides is 1. The van der Waals surface area contributed by atoms with Crippen LogP contribution in [0.3, 0.4) is 0 Å². The van der Waals surface area contributed by atoms with Gasteiger partial charge in [0.1, 0.15) is 0 Å². The maximum Gasteiger partial charge on any atom is 0.221 e. The van der Waals surface area contributed by atoms with Crippen molar-refractivity contribution < 1.29 is 14.3 Å². The van der Waals surface area contributed by atoms with Crippen molar-refractivity contribution in [3.63, 3.8) is 0 Å². The minimum absolute atomic E-state index is 0.0280. The van der Waals surface area contributed by atoms with E-state index < -0.39 is 5.91 Å². The Morgan fingerprint density at radius 1 is 1.27 bits per heavy atom. The molecule has 194 valence electrons. The molecule has 1 amide bonds. The molecule has 10 nitrogen and oxygen atoms in total. The molecule has 1 aliphatic carbocycles. The molecule has 10 heteroatoms. The molecule has 1 fully saturated rings. The second-order valence-corrected chi connectivity index (χ2v) is 9.06. The average molecular weight is 504 g/mol. The summed E-state index contributed by atoms with van der Waals surface area (Å²) in [6, 6.07) is 10.2. The van der Waals surface area contributed by atoms with Gasteiger partial charge in [0, 0.05) is 39.9 Å². The molecule has 2 aromatic carbocycles. The van der Waals surface area contributed by atoms with E-state index in [9.17, 15) is 4.79 Å². The van der Waals surface area contributed by atoms with Gasteiger partial charge in [-0.15, -0.1) is 0 Å². The first-order chi connectivity index (χ1) is 18.0. The predicted molar refractivity (Wildman–Crippen MR) is 144 cm³/mol. The van der Waals surface area contributed by atoms with Gasteiger partial charge >= 0.3 is 0 Å². The van der Waals surface area contributed by atoms with Gasteiger partial charge in [-0.1, -0.05) is 24.2 Å². The fraction of sp³-hybridized carbons (Fsp3) is 0.407. The number of rotatable bonds is 14. The van der Waals surface area contributed by atoms with Crippen LogP contribution in [0, 0.1) is 0 Å². The highest BCUT2D eigenvalue weighted by Gasteiger charge is 2.20. The number of carbonyl (C=O) groups is 1. The molecule has 0 spiro atoms. The summed E-state index contributed by atoms with van der Waals surface area (Å²) in [6.45, 7) is 3.75. The number of methoxy groups -OCH3 is 1. The second kappa shape index (κ2) is 12.3. The molecule has 4 rings (SSSR count). The quantitative estimate of drug-likeness (QED) is 0.123. The molecular weight excluding hydrogens is 470 g/mol. The Morgan fingerprint density at radius 2 is 2.11 bits per heavy atom. The van der Waals surface area contributed by atoms with Gasteiger partial charge in [-0.25, -0.2) is 0 Å². The topological polar surface area (TPSA) is 147 Å². The van der Waals surface area contributed by atoms with E-state index in [2.05, 4.69) is 25.6 Å². The minimum atomic E-state index is -0.454. The van der Waals surface area contributed by atoms with Crippen LogP contribution in [0.5, 0.6) is 11.5 Å². The lowest BCUT2D eigenvalue weighted by Crippen LogP contribution is -2.19. The highest BCUT2D eigenvalue weighted by molar-refractivity contribution is 5.98. The van der Waals surface area contributed by atoms with Crippen LogP contribution in [0.1, 0.15) is 42.9 Å². The molecule has 1 aliphatic rings. The van der Waals surface area contributed by atoms with Gasteiger partial charge in [-0.2, -0.15) is 0 Å². The van der Waals surface area contributed by atoms with Crippen molar-refractivity contribution in [2.24, 2.45) is 10.8 Å². The number of ether oxygens (including phenoxy) is 2.